The van der Waals surface area contributed by atoms with Crippen LogP contribution in [0.4, 0.5) is 0 Å². The van der Waals surface area contributed by atoms with E-state index in [4.69, 9.17) is 4.98 Å². The van der Waals surface area contributed by atoms with Crippen molar-refractivity contribution in [3.05, 3.63) is 89.4 Å². The molecule has 3 nitrogen and oxygen atoms in total. The Morgan fingerprint density at radius 1 is 0.786 bits per heavy atom. The predicted molar refractivity (Wildman–Crippen MR) is 113 cm³/mol. The van der Waals surface area contributed by atoms with Crippen molar-refractivity contribution in [3.8, 4) is 33.9 Å². The third-order valence-electron chi connectivity index (χ3n) is 4.50. The second kappa shape index (κ2) is 9.98. The van der Waals surface area contributed by atoms with E-state index in [2.05, 4.69) is 44.8 Å². The molecule has 0 fully saturated rings. The molecule has 1 N–H and O–H groups in total. The number of hydrogen-bond acceptors (Lipinski definition) is 2. The fourth-order valence-corrected chi connectivity index (χ4v) is 3.77. The zero-order valence-corrected chi connectivity index (χ0v) is 21.6. The van der Waals surface area contributed by atoms with Crippen LogP contribution in [-0.4, -0.2) is 21.3 Å². The van der Waals surface area contributed by atoms with Gasteiger partial charge < -0.3 is 9.67 Å². The molecule has 0 bridgehead atoms. The van der Waals surface area contributed by atoms with Gasteiger partial charge in [-0.3, -0.25) is 0 Å². The fourth-order valence-electron chi connectivity index (χ4n) is 3.30. The van der Waals surface area contributed by atoms with Crippen molar-refractivity contribution in [2.45, 2.75) is 6.54 Å². The Morgan fingerprint density at radius 3 is 1.96 bits per heavy atom. The van der Waals surface area contributed by atoms with Crippen molar-refractivity contribution in [2.24, 2.45) is 0 Å². The molecule has 1 radical (unpaired) electrons. The first kappa shape index (κ1) is 21.5. The topological polar surface area (TPSA) is 38.0 Å². The van der Waals surface area contributed by atoms with E-state index in [1.807, 2.05) is 60.7 Å². The minimum atomic E-state index is 0. The molecule has 0 saturated heterocycles. The van der Waals surface area contributed by atoms with E-state index in [1.54, 1.807) is 0 Å². The molecule has 0 amide bonds. The SMILES string of the molecule is OCCn1c(-c2ccccc2Br)nc(-c2ccccc2)c1-c1ccccc1.[Ac]. The molecule has 0 atom stereocenters. The van der Waals surface area contributed by atoms with E-state index in [-0.39, 0.29) is 50.7 Å². The van der Waals surface area contributed by atoms with Gasteiger partial charge in [-0.15, -0.1) is 0 Å². The van der Waals surface area contributed by atoms with E-state index in [0.717, 1.165) is 38.4 Å². The Labute approximate surface area is 209 Å². The second-order valence-electron chi connectivity index (χ2n) is 6.22. The molecular formula is C23H19AcBrN2O. The summed E-state index contributed by atoms with van der Waals surface area (Å²) in [5.74, 6) is 0.842. The van der Waals surface area contributed by atoms with Crippen molar-refractivity contribution in [3.63, 3.8) is 0 Å². The van der Waals surface area contributed by atoms with Gasteiger partial charge in [-0.25, -0.2) is 4.98 Å². The molecule has 28 heavy (non-hydrogen) atoms. The number of nitrogens with zero attached hydrogens (tertiary/aromatic N) is 2. The fraction of sp³-hybridized carbons (Fsp3) is 0.0870. The first-order valence-electron chi connectivity index (χ1n) is 8.86. The van der Waals surface area contributed by atoms with Crippen LogP contribution in [0.15, 0.2) is 89.4 Å². The van der Waals surface area contributed by atoms with Crippen LogP contribution < -0.4 is 0 Å². The molecule has 0 aliphatic carbocycles. The average Bonchev–Trinajstić information content (AvgIpc) is 3.09. The van der Waals surface area contributed by atoms with Crippen molar-refractivity contribution in [1.29, 1.82) is 0 Å². The summed E-state index contributed by atoms with van der Waals surface area (Å²) in [5.41, 5.74) is 5.07. The maximum absolute atomic E-state index is 9.75. The molecule has 0 aliphatic rings. The van der Waals surface area contributed by atoms with E-state index in [0.29, 0.717) is 6.54 Å². The van der Waals surface area contributed by atoms with Gasteiger partial charge >= 0.3 is 0 Å². The summed E-state index contributed by atoms with van der Waals surface area (Å²) in [5, 5.41) is 9.75. The number of aliphatic hydroxyl groups excluding tert-OH is 1. The van der Waals surface area contributed by atoms with E-state index in [1.165, 1.54) is 0 Å². The van der Waals surface area contributed by atoms with Gasteiger partial charge in [0, 0.05) is 71.8 Å². The molecule has 3 aromatic carbocycles. The van der Waals surface area contributed by atoms with E-state index >= 15 is 0 Å². The summed E-state index contributed by atoms with van der Waals surface area (Å²) < 4.78 is 3.09. The molecule has 0 unspecified atom stereocenters. The molecule has 137 valence electrons. The van der Waals surface area contributed by atoms with Gasteiger partial charge in [-0.05, 0) is 6.07 Å². The van der Waals surface area contributed by atoms with Gasteiger partial charge in [0.05, 0.1) is 18.0 Å². The predicted octanol–water partition coefficient (Wildman–Crippen LogP) is 5.64. The van der Waals surface area contributed by atoms with Crippen LogP contribution in [0.3, 0.4) is 0 Å². The third kappa shape index (κ3) is 4.34. The Balaban J connectivity index is 0.00000225. The van der Waals surface area contributed by atoms with Crippen molar-refractivity contribution >= 4 is 15.9 Å². The molecule has 4 aromatic rings. The number of hydrogen-bond donors (Lipinski definition) is 1. The average molecular weight is 646 g/mol. The monoisotopic (exact) mass is 645 g/mol. The second-order valence-corrected chi connectivity index (χ2v) is 7.07. The zero-order valence-electron chi connectivity index (χ0n) is 15.3. The number of imidazole rings is 1. The van der Waals surface area contributed by atoms with Crippen LogP contribution in [0.2, 0.25) is 0 Å². The van der Waals surface area contributed by atoms with E-state index < -0.39 is 0 Å². The van der Waals surface area contributed by atoms with E-state index in [9.17, 15) is 5.11 Å². The van der Waals surface area contributed by atoms with Crippen LogP contribution in [0, 0.1) is 44.1 Å². The summed E-state index contributed by atoms with van der Waals surface area (Å²) in [6.45, 7) is 0.516. The molecular weight excluding hydrogens is 627 g/mol. The summed E-state index contributed by atoms with van der Waals surface area (Å²) in [4.78, 5) is 5.03. The molecule has 0 aliphatic heterocycles. The quantitative estimate of drug-likeness (QED) is 0.305. The number of halogens is 1. The van der Waals surface area contributed by atoms with Crippen LogP contribution in [-0.2, 0) is 6.54 Å². The van der Waals surface area contributed by atoms with Crippen molar-refractivity contribution in [1.82, 2.24) is 9.55 Å². The molecule has 1 aromatic heterocycles. The van der Waals surface area contributed by atoms with Gasteiger partial charge in [0.15, 0.2) is 0 Å². The summed E-state index contributed by atoms with van der Waals surface area (Å²) in [6.07, 6.45) is 0. The summed E-state index contributed by atoms with van der Waals surface area (Å²) in [7, 11) is 0. The Hall–Kier alpha value is -1.25. The molecule has 0 spiro atoms. The maximum Gasteiger partial charge on any atom is 0.142 e. The van der Waals surface area contributed by atoms with Gasteiger partial charge in [0.25, 0.3) is 0 Å². The first-order chi connectivity index (χ1) is 13.3. The zero-order chi connectivity index (χ0) is 18.6. The van der Waals surface area contributed by atoms with Crippen LogP contribution in [0.25, 0.3) is 33.9 Å². The minimum absolute atomic E-state index is 0. The third-order valence-corrected chi connectivity index (χ3v) is 5.19. The first-order valence-corrected chi connectivity index (χ1v) is 9.66. The number of aromatic nitrogens is 2. The Morgan fingerprint density at radius 2 is 1.36 bits per heavy atom. The molecule has 1 heterocycles. The van der Waals surface area contributed by atoms with Crippen LogP contribution >= 0.6 is 15.9 Å². The smallest absolute Gasteiger partial charge is 0.142 e. The van der Waals surface area contributed by atoms with Gasteiger partial charge in [0.1, 0.15) is 5.82 Å². The normalized spacial score (nSPS) is 10.5. The maximum atomic E-state index is 9.75. The van der Waals surface area contributed by atoms with Crippen LogP contribution in [0.5, 0.6) is 0 Å². The largest absolute Gasteiger partial charge is 0.395 e. The summed E-state index contributed by atoms with van der Waals surface area (Å²) in [6, 6.07) is 28.5. The number of benzene rings is 3. The Kier molecular flexibility index (Phi) is 7.65. The van der Waals surface area contributed by atoms with Gasteiger partial charge in [-0.2, -0.15) is 0 Å². The number of rotatable bonds is 5. The van der Waals surface area contributed by atoms with Crippen LogP contribution in [0.1, 0.15) is 0 Å². The number of aliphatic hydroxyl groups is 1. The summed E-state index contributed by atoms with van der Waals surface area (Å²) >= 11 is 3.65. The molecule has 5 heteroatoms. The van der Waals surface area contributed by atoms with Crippen molar-refractivity contribution < 1.29 is 49.2 Å². The minimum Gasteiger partial charge on any atom is -0.395 e. The standard InChI is InChI=1S/C23H19BrN2O.Ac/c24-20-14-8-7-13-19(20)23-25-21(17-9-3-1-4-10-17)22(26(23)15-16-27)18-11-5-2-6-12-18;/h1-14,27H,15-16H2;. The molecule has 0 saturated carbocycles. The van der Waals surface area contributed by atoms with Gasteiger partial charge in [-0.1, -0.05) is 94.8 Å². The molecule has 4 rings (SSSR count). The Bertz CT molecular complexity index is 1050. The van der Waals surface area contributed by atoms with Crippen molar-refractivity contribution in [2.75, 3.05) is 6.61 Å². The van der Waals surface area contributed by atoms with Gasteiger partial charge in [0.2, 0.25) is 0 Å².